The lowest BCUT2D eigenvalue weighted by atomic mass is 9.81. The van der Waals surface area contributed by atoms with E-state index in [1.54, 1.807) is 0 Å². The van der Waals surface area contributed by atoms with Gasteiger partial charge >= 0.3 is 5.97 Å². The summed E-state index contributed by atoms with van der Waals surface area (Å²) in [5, 5.41) is 11.2. The fourth-order valence-electron chi connectivity index (χ4n) is 3.77. The van der Waals surface area contributed by atoms with Gasteiger partial charge in [-0.3, -0.25) is 4.79 Å². The Kier molecular flexibility index (Phi) is 3.65. The van der Waals surface area contributed by atoms with Gasteiger partial charge in [0.25, 0.3) is 0 Å². The normalized spacial score (nSPS) is 24.9. The minimum absolute atomic E-state index is 0.0322. The van der Waals surface area contributed by atoms with E-state index in [0.29, 0.717) is 29.4 Å². The third kappa shape index (κ3) is 2.84. The standard InChI is InChI=1S/C20H18O7/c21-19-14(5-12-1-3-15-17(6-12)26-10-24-15)20(22,9-23-19)8-13-2-4-16-18(7-13)27-11-25-16/h1-4,6-7,14,22H,5,8-11H2/t14-,20+/m0/s1. The molecule has 0 amide bonds. The van der Waals surface area contributed by atoms with E-state index in [1.165, 1.54) is 0 Å². The van der Waals surface area contributed by atoms with Crippen LogP contribution in [0.25, 0.3) is 0 Å². The van der Waals surface area contributed by atoms with Crippen molar-refractivity contribution in [2.45, 2.75) is 18.4 Å². The molecule has 2 aromatic rings. The molecular formula is C20H18O7. The van der Waals surface area contributed by atoms with Crippen LogP contribution in [-0.2, 0) is 22.4 Å². The topological polar surface area (TPSA) is 83.5 Å². The molecule has 3 aliphatic rings. The molecule has 0 bridgehead atoms. The van der Waals surface area contributed by atoms with Crippen LogP contribution < -0.4 is 18.9 Å². The van der Waals surface area contributed by atoms with Gasteiger partial charge in [-0.15, -0.1) is 0 Å². The fraction of sp³-hybridized carbons (Fsp3) is 0.350. The van der Waals surface area contributed by atoms with Crippen LogP contribution in [0.3, 0.4) is 0 Å². The second kappa shape index (κ2) is 6.06. The van der Waals surface area contributed by atoms with Crippen molar-refractivity contribution >= 4 is 5.97 Å². The number of aliphatic hydroxyl groups is 1. The van der Waals surface area contributed by atoms with Crippen LogP contribution in [0.2, 0.25) is 0 Å². The van der Waals surface area contributed by atoms with Gasteiger partial charge in [0.2, 0.25) is 13.6 Å². The summed E-state index contributed by atoms with van der Waals surface area (Å²) in [6.45, 7) is 0.352. The van der Waals surface area contributed by atoms with Crippen molar-refractivity contribution in [2.75, 3.05) is 20.2 Å². The van der Waals surface area contributed by atoms with E-state index in [-0.39, 0.29) is 26.6 Å². The Hall–Kier alpha value is -2.93. The molecule has 0 unspecified atom stereocenters. The molecule has 27 heavy (non-hydrogen) atoms. The van der Waals surface area contributed by atoms with Crippen LogP contribution in [0.5, 0.6) is 23.0 Å². The van der Waals surface area contributed by atoms with Gasteiger partial charge in [-0.2, -0.15) is 0 Å². The van der Waals surface area contributed by atoms with E-state index in [0.717, 1.165) is 11.1 Å². The number of hydrogen-bond donors (Lipinski definition) is 1. The molecular weight excluding hydrogens is 352 g/mol. The number of esters is 1. The zero-order valence-corrected chi connectivity index (χ0v) is 14.5. The number of carbonyl (C=O) groups excluding carboxylic acids is 1. The molecule has 7 nitrogen and oxygen atoms in total. The first kappa shape index (κ1) is 16.3. The molecule has 0 aliphatic carbocycles. The molecule has 0 spiro atoms. The zero-order chi connectivity index (χ0) is 18.4. The van der Waals surface area contributed by atoms with Crippen LogP contribution in [0.1, 0.15) is 11.1 Å². The Labute approximate surface area is 155 Å². The molecule has 2 atom stereocenters. The Bertz CT molecular complexity index is 909. The van der Waals surface area contributed by atoms with Crippen LogP contribution in [-0.4, -0.2) is 36.9 Å². The molecule has 3 aliphatic heterocycles. The van der Waals surface area contributed by atoms with Crippen molar-refractivity contribution in [1.82, 2.24) is 0 Å². The minimum Gasteiger partial charge on any atom is -0.462 e. The lowest BCUT2D eigenvalue weighted by Crippen LogP contribution is -2.41. The van der Waals surface area contributed by atoms with Gasteiger partial charge in [0.1, 0.15) is 12.2 Å². The Morgan fingerprint density at radius 2 is 1.44 bits per heavy atom. The van der Waals surface area contributed by atoms with Gasteiger partial charge in [-0.25, -0.2) is 0 Å². The average molecular weight is 370 g/mol. The maximum atomic E-state index is 12.3. The van der Waals surface area contributed by atoms with E-state index in [2.05, 4.69) is 0 Å². The first-order chi connectivity index (χ1) is 13.1. The Morgan fingerprint density at radius 1 is 0.852 bits per heavy atom. The van der Waals surface area contributed by atoms with Crippen LogP contribution in [0.15, 0.2) is 36.4 Å². The average Bonchev–Trinajstić information content (AvgIpc) is 3.37. The third-order valence-corrected chi connectivity index (χ3v) is 5.22. The number of rotatable bonds is 4. The fourth-order valence-corrected chi connectivity index (χ4v) is 3.77. The predicted octanol–water partition coefficient (Wildman–Crippen LogP) is 1.83. The van der Waals surface area contributed by atoms with Gasteiger partial charge in [-0.1, -0.05) is 12.1 Å². The molecule has 0 aromatic heterocycles. The largest absolute Gasteiger partial charge is 0.462 e. The number of benzene rings is 2. The van der Waals surface area contributed by atoms with E-state index < -0.39 is 17.5 Å². The number of hydrogen-bond acceptors (Lipinski definition) is 7. The second-order valence-corrected chi connectivity index (χ2v) is 7.02. The van der Waals surface area contributed by atoms with Crippen LogP contribution >= 0.6 is 0 Å². The van der Waals surface area contributed by atoms with E-state index in [9.17, 15) is 9.90 Å². The lowest BCUT2D eigenvalue weighted by Gasteiger charge is -2.26. The van der Waals surface area contributed by atoms with Crippen molar-refractivity contribution in [1.29, 1.82) is 0 Å². The first-order valence-electron chi connectivity index (χ1n) is 8.77. The van der Waals surface area contributed by atoms with Gasteiger partial charge in [0.15, 0.2) is 23.0 Å². The van der Waals surface area contributed by atoms with Gasteiger partial charge < -0.3 is 28.8 Å². The maximum Gasteiger partial charge on any atom is 0.312 e. The molecule has 0 saturated carbocycles. The number of carbonyl (C=O) groups is 1. The number of ether oxygens (including phenoxy) is 5. The molecule has 2 aromatic carbocycles. The van der Waals surface area contributed by atoms with Crippen molar-refractivity contribution < 1.29 is 33.6 Å². The zero-order valence-electron chi connectivity index (χ0n) is 14.5. The third-order valence-electron chi connectivity index (χ3n) is 5.22. The van der Waals surface area contributed by atoms with Crippen molar-refractivity contribution in [3.05, 3.63) is 47.5 Å². The van der Waals surface area contributed by atoms with Crippen molar-refractivity contribution in [3.63, 3.8) is 0 Å². The highest BCUT2D eigenvalue weighted by molar-refractivity contribution is 5.77. The Morgan fingerprint density at radius 3 is 2.15 bits per heavy atom. The maximum absolute atomic E-state index is 12.3. The quantitative estimate of drug-likeness (QED) is 0.822. The predicted molar refractivity (Wildman–Crippen MR) is 91.9 cm³/mol. The lowest BCUT2D eigenvalue weighted by molar-refractivity contribution is -0.141. The summed E-state index contributed by atoms with van der Waals surface area (Å²) >= 11 is 0. The highest BCUT2D eigenvalue weighted by Gasteiger charge is 2.49. The van der Waals surface area contributed by atoms with Crippen LogP contribution in [0.4, 0.5) is 0 Å². The van der Waals surface area contributed by atoms with Crippen molar-refractivity contribution in [3.8, 4) is 23.0 Å². The van der Waals surface area contributed by atoms with Crippen LogP contribution in [0, 0.1) is 5.92 Å². The molecule has 140 valence electrons. The highest BCUT2D eigenvalue weighted by Crippen LogP contribution is 2.38. The Balaban J connectivity index is 1.38. The summed E-state index contributed by atoms with van der Waals surface area (Å²) in [5.74, 6) is 1.61. The van der Waals surface area contributed by atoms with Gasteiger partial charge in [0.05, 0.1) is 5.92 Å². The monoisotopic (exact) mass is 370 g/mol. The van der Waals surface area contributed by atoms with Gasteiger partial charge in [0, 0.05) is 6.42 Å². The molecule has 0 radical (unpaired) electrons. The number of fused-ring (bicyclic) bond motifs is 2. The van der Waals surface area contributed by atoms with Crippen molar-refractivity contribution in [2.24, 2.45) is 5.92 Å². The summed E-state index contributed by atoms with van der Waals surface area (Å²) < 4.78 is 26.6. The minimum atomic E-state index is -1.29. The smallest absolute Gasteiger partial charge is 0.312 e. The van der Waals surface area contributed by atoms with E-state index in [4.69, 9.17) is 23.7 Å². The van der Waals surface area contributed by atoms with E-state index in [1.807, 2.05) is 36.4 Å². The summed E-state index contributed by atoms with van der Waals surface area (Å²) in [7, 11) is 0. The summed E-state index contributed by atoms with van der Waals surface area (Å²) in [6.07, 6.45) is 0.640. The van der Waals surface area contributed by atoms with E-state index >= 15 is 0 Å². The summed E-state index contributed by atoms with van der Waals surface area (Å²) in [6, 6.07) is 11.0. The number of cyclic esters (lactones) is 1. The molecule has 1 fully saturated rings. The molecule has 1 saturated heterocycles. The summed E-state index contributed by atoms with van der Waals surface area (Å²) in [5.41, 5.74) is 0.448. The second-order valence-electron chi connectivity index (χ2n) is 7.02. The molecule has 3 heterocycles. The summed E-state index contributed by atoms with van der Waals surface area (Å²) in [4.78, 5) is 12.3. The van der Waals surface area contributed by atoms with Gasteiger partial charge in [-0.05, 0) is 41.8 Å². The molecule has 1 N–H and O–H groups in total. The molecule has 7 heteroatoms. The highest BCUT2D eigenvalue weighted by atomic mass is 16.7. The SMILES string of the molecule is O=C1OC[C@](O)(Cc2ccc3c(c2)OCO3)[C@H]1Cc1ccc2c(c1)OCO2. The first-order valence-corrected chi connectivity index (χ1v) is 8.77. The molecule has 5 rings (SSSR count).